The summed E-state index contributed by atoms with van der Waals surface area (Å²) in [4.78, 5) is 55.5. The van der Waals surface area contributed by atoms with E-state index in [1.54, 1.807) is 4.90 Å². The fourth-order valence-corrected chi connectivity index (χ4v) is 4.47. The summed E-state index contributed by atoms with van der Waals surface area (Å²) in [5.74, 6) is -0.220. The molecule has 4 rings (SSSR count). The summed E-state index contributed by atoms with van der Waals surface area (Å²) >= 11 is 0. The molecule has 9 nitrogen and oxygen atoms in total. The number of fused-ring (bicyclic) bond motifs is 1. The largest absolute Gasteiger partial charge is 0.341 e. The average Bonchev–Trinajstić information content (AvgIpc) is 2.93. The molecular weight excluding hydrogens is 410 g/mol. The Morgan fingerprint density at radius 3 is 2.53 bits per heavy atom. The maximum Gasteiger partial charge on any atom is 0.328 e. The van der Waals surface area contributed by atoms with Crippen molar-refractivity contribution >= 4 is 17.6 Å². The molecule has 1 aromatic carbocycles. The van der Waals surface area contributed by atoms with Gasteiger partial charge in [-0.1, -0.05) is 32.0 Å². The highest BCUT2D eigenvalue weighted by Gasteiger charge is 2.31. The maximum atomic E-state index is 12.8. The van der Waals surface area contributed by atoms with Crippen LogP contribution < -0.4 is 16.6 Å². The molecule has 2 N–H and O–H groups in total. The standard InChI is InChI=1S/C23H29N5O4/c1-15(2)18-13-27(22(31)25-21(18)30)14-20(29)26-10-8-17(9-11-26)28-12-7-16-5-3-4-6-19(16)24-23(28)32/h3-6,13,15,17H,7-12,14H2,1-2H3,(H,24,32)(H,25,30,31). The predicted octanol–water partition coefficient (Wildman–Crippen LogP) is 1.74. The fourth-order valence-electron chi connectivity index (χ4n) is 4.47. The van der Waals surface area contributed by atoms with E-state index in [9.17, 15) is 19.2 Å². The molecule has 0 atom stereocenters. The van der Waals surface area contributed by atoms with Gasteiger partial charge in [-0.3, -0.25) is 19.1 Å². The van der Waals surface area contributed by atoms with Gasteiger partial charge in [0.1, 0.15) is 6.54 Å². The Morgan fingerprint density at radius 1 is 1.09 bits per heavy atom. The molecule has 32 heavy (non-hydrogen) atoms. The second-order valence-corrected chi connectivity index (χ2v) is 8.77. The molecule has 0 bridgehead atoms. The number of hydrogen-bond donors (Lipinski definition) is 2. The molecular formula is C23H29N5O4. The van der Waals surface area contributed by atoms with Crippen molar-refractivity contribution in [3.8, 4) is 0 Å². The number of rotatable bonds is 4. The lowest BCUT2D eigenvalue weighted by Gasteiger charge is -2.38. The number of carbonyl (C=O) groups excluding carboxylic acids is 2. The molecule has 1 saturated heterocycles. The summed E-state index contributed by atoms with van der Waals surface area (Å²) < 4.78 is 1.27. The van der Waals surface area contributed by atoms with Gasteiger partial charge in [-0.05, 0) is 36.8 Å². The number of nitrogens with zero attached hydrogens (tertiary/aromatic N) is 3. The number of likely N-dealkylation sites (tertiary alicyclic amines) is 1. The molecule has 2 aromatic rings. The van der Waals surface area contributed by atoms with Crippen LogP contribution in [0.1, 0.15) is 43.7 Å². The van der Waals surface area contributed by atoms with Crippen LogP contribution in [0.3, 0.4) is 0 Å². The minimum Gasteiger partial charge on any atom is -0.341 e. The Balaban J connectivity index is 1.37. The second-order valence-electron chi connectivity index (χ2n) is 8.77. The average molecular weight is 440 g/mol. The van der Waals surface area contributed by atoms with Crippen molar-refractivity contribution < 1.29 is 9.59 Å². The highest BCUT2D eigenvalue weighted by molar-refractivity contribution is 5.91. The number of nitrogens with one attached hydrogen (secondary N) is 2. The number of amides is 3. The van der Waals surface area contributed by atoms with Crippen molar-refractivity contribution in [2.24, 2.45) is 0 Å². The lowest BCUT2D eigenvalue weighted by atomic mass is 10.0. The lowest BCUT2D eigenvalue weighted by Crippen LogP contribution is -2.50. The van der Waals surface area contributed by atoms with Crippen LogP contribution in [0.5, 0.6) is 0 Å². The van der Waals surface area contributed by atoms with Crippen LogP contribution in [-0.2, 0) is 17.8 Å². The highest BCUT2D eigenvalue weighted by Crippen LogP contribution is 2.24. The molecule has 0 radical (unpaired) electrons. The number of urea groups is 1. The molecule has 0 unspecified atom stereocenters. The summed E-state index contributed by atoms with van der Waals surface area (Å²) in [5.41, 5.74) is 1.47. The zero-order valence-electron chi connectivity index (χ0n) is 18.5. The topological polar surface area (TPSA) is 108 Å². The van der Waals surface area contributed by atoms with E-state index < -0.39 is 11.2 Å². The normalized spacial score (nSPS) is 17.2. The lowest BCUT2D eigenvalue weighted by molar-refractivity contribution is -0.133. The summed E-state index contributed by atoms with van der Waals surface area (Å²) in [7, 11) is 0. The highest BCUT2D eigenvalue weighted by atomic mass is 16.2. The molecule has 0 spiro atoms. The number of H-pyrrole nitrogens is 1. The van der Waals surface area contributed by atoms with Crippen molar-refractivity contribution in [1.29, 1.82) is 0 Å². The van der Waals surface area contributed by atoms with Crippen LogP contribution in [0.4, 0.5) is 10.5 Å². The molecule has 1 fully saturated rings. The van der Waals surface area contributed by atoms with Crippen molar-refractivity contribution in [3.63, 3.8) is 0 Å². The van der Waals surface area contributed by atoms with Gasteiger partial charge in [-0.2, -0.15) is 0 Å². The van der Waals surface area contributed by atoms with Crippen molar-refractivity contribution in [3.05, 3.63) is 62.4 Å². The van der Waals surface area contributed by atoms with Crippen LogP contribution in [0.25, 0.3) is 0 Å². The van der Waals surface area contributed by atoms with Crippen molar-refractivity contribution in [1.82, 2.24) is 19.4 Å². The van der Waals surface area contributed by atoms with Gasteiger partial charge < -0.3 is 15.1 Å². The first-order valence-electron chi connectivity index (χ1n) is 11.1. The molecule has 1 aromatic heterocycles. The minimum absolute atomic E-state index is 0.0534. The third-order valence-electron chi connectivity index (χ3n) is 6.37. The number of aromatic amines is 1. The van der Waals surface area contributed by atoms with Crippen LogP contribution in [-0.4, -0.2) is 57.0 Å². The van der Waals surface area contributed by atoms with E-state index in [0.717, 1.165) is 17.7 Å². The Labute approximate surface area is 186 Å². The van der Waals surface area contributed by atoms with Gasteiger partial charge in [-0.25, -0.2) is 9.59 Å². The van der Waals surface area contributed by atoms with E-state index in [2.05, 4.69) is 10.3 Å². The number of carbonyl (C=O) groups is 2. The van der Waals surface area contributed by atoms with E-state index in [4.69, 9.17) is 0 Å². The summed E-state index contributed by atoms with van der Waals surface area (Å²) in [6.07, 6.45) is 3.65. The third kappa shape index (κ3) is 4.46. The van der Waals surface area contributed by atoms with Gasteiger partial charge in [-0.15, -0.1) is 0 Å². The van der Waals surface area contributed by atoms with Gasteiger partial charge in [0, 0.05) is 43.1 Å². The summed E-state index contributed by atoms with van der Waals surface area (Å²) in [6, 6.07) is 7.81. The Kier molecular flexibility index (Phi) is 6.16. The first-order chi connectivity index (χ1) is 15.3. The summed E-state index contributed by atoms with van der Waals surface area (Å²) in [6.45, 7) is 5.31. The van der Waals surface area contributed by atoms with E-state index in [1.165, 1.54) is 10.8 Å². The van der Waals surface area contributed by atoms with Gasteiger partial charge in [0.2, 0.25) is 5.91 Å². The number of aromatic nitrogens is 2. The molecule has 2 aliphatic heterocycles. The zero-order valence-corrected chi connectivity index (χ0v) is 18.5. The molecule has 170 valence electrons. The van der Waals surface area contributed by atoms with Crippen LogP contribution in [0.15, 0.2) is 40.1 Å². The van der Waals surface area contributed by atoms with Crippen molar-refractivity contribution in [2.45, 2.75) is 51.6 Å². The van der Waals surface area contributed by atoms with Crippen LogP contribution >= 0.6 is 0 Å². The van der Waals surface area contributed by atoms with Gasteiger partial charge in [0.05, 0.1) is 0 Å². The van der Waals surface area contributed by atoms with Crippen molar-refractivity contribution in [2.75, 3.05) is 25.0 Å². The molecule has 3 amide bonds. The SMILES string of the molecule is CC(C)c1cn(CC(=O)N2CCC(N3CCc4ccccc4NC3=O)CC2)c(=O)[nH]c1=O. The summed E-state index contributed by atoms with van der Waals surface area (Å²) in [5, 5.41) is 3.00. The van der Waals surface area contributed by atoms with E-state index in [-0.39, 0.29) is 30.4 Å². The predicted molar refractivity (Wildman–Crippen MR) is 121 cm³/mol. The minimum atomic E-state index is -0.580. The van der Waals surface area contributed by atoms with Crippen LogP contribution in [0, 0.1) is 0 Å². The Bertz CT molecular complexity index is 1130. The molecule has 0 aliphatic carbocycles. The Hall–Kier alpha value is -3.36. The fraction of sp³-hybridized carbons (Fsp3) is 0.478. The van der Waals surface area contributed by atoms with Gasteiger partial charge in [0.15, 0.2) is 0 Å². The Morgan fingerprint density at radius 2 is 1.81 bits per heavy atom. The number of benzene rings is 1. The maximum absolute atomic E-state index is 12.8. The molecule has 3 heterocycles. The molecule has 0 saturated carbocycles. The number of para-hydroxylation sites is 1. The first-order valence-corrected chi connectivity index (χ1v) is 11.1. The monoisotopic (exact) mass is 439 g/mol. The quantitative estimate of drug-likeness (QED) is 0.757. The second kappa shape index (κ2) is 9.02. The molecule has 9 heteroatoms. The van der Waals surface area contributed by atoms with E-state index in [0.29, 0.717) is 38.0 Å². The van der Waals surface area contributed by atoms with E-state index >= 15 is 0 Å². The van der Waals surface area contributed by atoms with Gasteiger partial charge >= 0.3 is 11.7 Å². The third-order valence-corrected chi connectivity index (χ3v) is 6.37. The zero-order chi connectivity index (χ0) is 22.8. The number of piperidine rings is 1. The van der Waals surface area contributed by atoms with E-state index in [1.807, 2.05) is 43.0 Å². The van der Waals surface area contributed by atoms with Crippen LogP contribution in [0.2, 0.25) is 0 Å². The smallest absolute Gasteiger partial charge is 0.328 e. The number of anilines is 1. The van der Waals surface area contributed by atoms with Gasteiger partial charge in [0.25, 0.3) is 5.56 Å². The first kappa shape index (κ1) is 21.9. The number of hydrogen-bond acceptors (Lipinski definition) is 4. The molecule has 2 aliphatic rings.